The third kappa shape index (κ3) is 2.88. The average Bonchev–Trinajstić information content (AvgIpc) is 2.42. The second-order valence-corrected chi connectivity index (χ2v) is 6.75. The molecular weight excluding hydrogens is 385 g/mol. The van der Waals surface area contributed by atoms with Gasteiger partial charge in [0, 0.05) is 3.57 Å². The molecule has 2 N–H and O–H groups in total. The van der Waals surface area contributed by atoms with Gasteiger partial charge in [-0.05, 0) is 83.3 Å². The number of hydrogen-bond donors (Lipinski definition) is 2. The average molecular weight is 400 g/mol. The fraction of sp³-hybridized carbons (Fsp3) is 0.250. The summed E-state index contributed by atoms with van der Waals surface area (Å²) in [6, 6.07) is 11.9. The normalized spacial score (nSPS) is 17.6. The zero-order chi connectivity index (χ0) is 14.1. The van der Waals surface area contributed by atoms with Crippen LogP contribution in [-0.2, 0) is 6.42 Å². The Labute approximate surface area is 137 Å². The number of halogens is 2. The number of anilines is 1. The smallest absolute Gasteiger partial charge is 0.115 e. The van der Waals surface area contributed by atoms with Gasteiger partial charge in [0.25, 0.3) is 0 Å². The monoisotopic (exact) mass is 399 g/mol. The molecule has 3 rings (SSSR count). The van der Waals surface area contributed by atoms with E-state index < -0.39 is 0 Å². The van der Waals surface area contributed by atoms with Crippen molar-refractivity contribution in [1.82, 2.24) is 0 Å². The van der Waals surface area contributed by atoms with Gasteiger partial charge in [0.2, 0.25) is 0 Å². The van der Waals surface area contributed by atoms with E-state index in [1.54, 1.807) is 6.07 Å². The summed E-state index contributed by atoms with van der Waals surface area (Å²) in [7, 11) is 0. The van der Waals surface area contributed by atoms with Crippen LogP contribution in [0.25, 0.3) is 0 Å². The zero-order valence-corrected chi connectivity index (χ0v) is 13.8. The molecule has 4 heteroatoms. The molecule has 0 heterocycles. The number of rotatable bonds is 2. The first-order chi connectivity index (χ1) is 9.63. The lowest BCUT2D eigenvalue weighted by molar-refractivity contribution is 0.471. The molecule has 1 aliphatic carbocycles. The predicted molar refractivity (Wildman–Crippen MR) is 91.6 cm³/mol. The predicted octanol–water partition coefficient (Wildman–Crippen LogP) is 5.14. The van der Waals surface area contributed by atoms with Gasteiger partial charge in [-0.1, -0.05) is 17.7 Å². The number of aryl methyl sites for hydroxylation is 1. The number of nitrogens with one attached hydrogen (secondary N) is 1. The summed E-state index contributed by atoms with van der Waals surface area (Å²) < 4.78 is 1.12. The van der Waals surface area contributed by atoms with Gasteiger partial charge in [0.05, 0.1) is 16.8 Å². The highest BCUT2D eigenvalue weighted by Crippen LogP contribution is 2.36. The van der Waals surface area contributed by atoms with Crippen molar-refractivity contribution in [3.63, 3.8) is 0 Å². The number of benzene rings is 2. The highest BCUT2D eigenvalue weighted by atomic mass is 127. The standard InChI is InChI=1S/C16H15ClINO/c17-14-8-11(18)5-7-16(14)19-15-3-1-2-10-4-6-12(20)9-13(10)15/h4-9,15,19-20H,1-3H2. The van der Waals surface area contributed by atoms with Crippen molar-refractivity contribution in [3.8, 4) is 5.75 Å². The van der Waals surface area contributed by atoms with Crippen LogP contribution >= 0.6 is 34.2 Å². The summed E-state index contributed by atoms with van der Waals surface area (Å²) in [5, 5.41) is 14.0. The fourth-order valence-electron chi connectivity index (χ4n) is 2.73. The van der Waals surface area contributed by atoms with Crippen LogP contribution in [0.3, 0.4) is 0 Å². The lowest BCUT2D eigenvalue weighted by Crippen LogP contribution is -2.17. The Bertz CT molecular complexity index is 644. The summed E-state index contributed by atoms with van der Waals surface area (Å²) in [5.41, 5.74) is 3.45. The van der Waals surface area contributed by atoms with Crippen LogP contribution in [0.15, 0.2) is 36.4 Å². The number of aromatic hydroxyl groups is 1. The molecule has 0 fully saturated rings. The van der Waals surface area contributed by atoms with Gasteiger partial charge in [0.15, 0.2) is 0 Å². The van der Waals surface area contributed by atoms with E-state index in [4.69, 9.17) is 11.6 Å². The number of fused-ring (bicyclic) bond motifs is 1. The molecule has 0 spiro atoms. The Balaban J connectivity index is 1.91. The minimum Gasteiger partial charge on any atom is -0.508 e. The van der Waals surface area contributed by atoms with E-state index in [1.165, 1.54) is 11.1 Å². The molecule has 2 aromatic carbocycles. The first-order valence-electron chi connectivity index (χ1n) is 6.67. The molecule has 2 aromatic rings. The van der Waals surface area contributed by atoms with Gasteiger partial charge in [-0.2, -0.15) is 0 Å². The summed E-state index contributed by atoms with van der Waals surface area (Å²) >= 11 is 8.54. The third-order valence-corrected chi connectivity index (χ3v) is 4.69. The third-order valence-electron chi connectivity index (χ3n) is 3.70. The van der Waals surface area contributed by atoms with Crippen LogP contribution in [0, 0.1) is 3.57 Å². The molecule has 2 nitrogen and oxygen atoms in total. The van der Waals surface area contributed by atoms with E-state index in [-0.39, 0.29) is 6.04 Å². The van der Waals surface area contributed by atoms with Crippen molar-refractivity contribution >= 4 is 39.9 Å². The number of phenolic OH excluding ortho intramolecular Hbond substituents is 1. The van der Waals surface area contributed by atoms with Gasteiger partial charge in [-0.15, -0.1) is 0 Å². The second kappa shape index (κ2) is 5.82. The van der Waals surface area contributed by atoms with Crippen LogP contribution in [-0.4, -0.2) is 5.11 Å². The highest BCUT2D eigenvalue weighted by molar-refractivity contribution is 14.1. The second-order valence-electron chi connectivity index (χ2n) is 5.10. The Kier molecular flexibility index (Phi) is 4.08. The molecule has 0 amide bonds. The van der Waals surface area contributed by atoms with E-state index in [9.17, 15) is 5.11 Å². The van der Waals surface area contributed by atoms with Crippen LogP contribution in [0.2, 0.25) is 5.02 Å². The summed E-state index contributed by atoms with van der Waals surface area (Å²) in [6.45, 7) is 0. The maximum absolute atomic E-state index is 9.71. The van der Waals surface area contributed by atoms with E-state index in [0.717, 1.165) is 33.5 Å². The minimum atomic E-state index is 0.211. The van der Waals surface area contributed by atoms with Crippen molar-refractivity contribution in [1.29, 1.82) is 0 Å². The molecule has 0 saturated carbocycles. The van der Waals surface area contributed by atoms with Crippen LogP contribution < -0.4 is 5.32 Å². The van der Waals surface area contributed by atoms with Gasteiger partial charge in [-0.25, -0.2) is 0 Å². The van der Waals surface area contributed by atoms with Gasteiger partial charge >= 0.3 is 0 Å². The Morgan fingerprint density at radius 1 is 1.20 bits per heavy atom. The van der Waals surface area contributed by atoms with Crippen molar-refractivity contribution in [3.05, 3.63) is 56.1 Å². The molecule has 0 aliphatic heterocycles. The molecule has 20 heavy (non-hydrogen) atoms. The minimum absolute atomic E-state index is 0.211. The first kappa shape index (κ1) is 14.0. The van der Waals surface area contributed by atoms with Gasteiger partial charge in [-0.3, -0.25) is 0 Å². The van der Waals surface area contributed by atoms with Crippen molar-refractivity contribution < 1.29 is 5.11 Å². The molecule has 0 aromatic heterocycles. The lowest BCUT2D eigenvalue weighted by Gasteiger charge is -2.27. The topological polar surface area (TPSA) is 32.3 Å². The summed E-state index contributed by atoms with van der Waals surface area (Å²) in [4.78, 5) is 0. The quantitative estimate of drug-likeness (QED) is 0.685. The van der Waals surface area contributed by atoms with Crippen molar-refractivity contribution in [2.24, 2.45) is 0 Å². The molecule has 1 aliphatic rings. The van der Waals surface area contributed by atoms with Gasteiger partial charge in [0.1, 0.15) is 5.75 Å². The number of phenols is 1. The fourth-order valence-corrected chi connectivity index (χ4v) is 3.64. The zero-order valence-electron chi connectivity index (χ0n) is 10.9. The SMILES string of the molecule is Oc1ccc2c(c1)C(Nc1ccc(I)cc1Cl)CCC2. The molecule has 0 radical (unpaired) electrons. The van der Waals surface area contributed by atoms with E-state index in [0.29, 0.717) is 5.75 Å². The van der Waals surface area contributed by atoms with Crippen molar-refractivity contribution in [2.45, 2.75) is 25.3 Å². The number of hydrogen-bond acceptors (Lipinski definition) is 2. The van der Waals surface area contributed by atoms with E-state index in [2.05, 4.69) is 27.9 Å². The summed E-state index contributed by atoms with van der Waals surface area (Å²) in [5.74, 6) is 0.325. The Morgan fingerprint density at radius 2 is 2.05 bits per heavy atom. The molecule has 1 unspecified atom stereocenters. The van der Waals surface area contributed by atoms with Crippen molar-refractivity contribution in [2.75, 3.05) is 5.32 Å². The highest BCUT2D eigenvalue weighted by Gasteiger charge is 2.21. The van der Waals surface area contributed by atoms with E-state index >= 15 is 0 Å². The Hall–Kier alpha value is -0.940. The molecule has 0 saturated heterocycles. The Morgan fingerprint density at radius 3 is 2.85 bits per heavy atom. The van der Waals surface area contributed by atoms with Gasteiger partial charge < -0.3 is 10.4 Å². The molecule has 104 valence electrons. The van der Waals surface area contributed by atoms with Crippen LogP contribution in [0.1, 0.15) is 30.0 Å². The first-order valence-corrected chi connectivity index (χ1v) is 8.12. The summed E-state index contributed by atoms with van der Waals surface area (Å²) in [6.07, 6.45) is 3.28. The van der Waals surface area contributed by atoms with Crippen LogP contribution in [0.5, 0.6) is 5.75 Å². The maximum atomic E-state index is 9.71. The largest absolute Gasteiger partial charge is 0.508 e. The molecule has 1 atom stereocenters. The van der Waals surface area contributed by atoms with E-state index in [1.807, 2.05) is 30.3 Å². The van der Waals surface area contributed by atoms with Crippen LogP contribution in [0.4, 0.5) is 5.69 Å². The molecular formula is C16H15ClINO. The molecule has 0 bridgehead atoms. The lowest BCUT2D eigenvalue weighted by atomic mass is 9.87. The maximum Gasteiger partial charge on any atom is 0.115 e.